The first-order valence-corrected chi connectivity index (χ1v) is 7.87. The van der Waals surface area contributed by atoms with Gasteiger partial charge in [-0.15, -0.1) is 0 Å². The van der Waals surface area contributed by atoms with E-state index in [0.717, 1.165) is 41.8 Å². The third kappa shape index (κ3) is 2.58. The van der Waals surface area contributed by atoms with E-state index in [4.69, 9.17) is 0 Å². The SMILES string of the molecule is CC1CCc2c(-c3ccc(F)cc3)nc(=O)n(C(C)C)c2C1. The van der Waals surface area contributed by atoms with Crippen molar-refractivity contribution in [2.75, 3.05) is 0 Å². The van der Waals surface area contributed by atoms with Crippen molar-refractivity contribution in [2.24, 2.45) is 5.92 Å². The topological polar surface area (TPSA) is 34.9 Å². The van der Waals surface area contributed by atoms with Crippen LogP contribution in [-0.2, 0) is 12.8 Å². The van der Waals surface area contributed by atoms with Gasteiger partial charge in [-0.3, -0.25) is 4.57 Å². The second kappa shape index (κ2) is 5.67. The Bertz CT molecular complexity index is 747. The molecule has 1 heterocycles. The van der Waals surface area contributed by atoms with Crippen molar-refractivity contribution in [3.8, 4) is 11.3 Å². The summed E-state index contributed by atoms with van der Waals surface area (Å²) in [6, 6.07) is 6.34. The molecule has 116 valence electrons. The summed E-state index contributed by atoms with van der Waals surface area (Å²) in [6.07, 6.45) is 2.92. The van der Waals surface area contributed by atoms with E-state index in [1.807, 2.05) is 18.4 Å². The van der Waals surface area contributed by atoms with E-state index >= 15 is 0 Å². The molecule has 1 atom stereocenters. The average molecular weight is 300 g/mol. The van der Waals surface area contributed by atoms with Gasteiger partial charge in [-0.05, 0) is 68.9 Å². The Morgan fingerprint density at radius 3 is 2.59 bits per heavy atom. The molecule has 0 fully saturated rings. The number of fused-ring (bicyclic) bond motifs is 1. The van der Waals surface area contributed by atoms with Crippen molar-refractivity contribution in [2.45, 2.75) is 46.1 Å². The molecule has 0 bridgehead atoms. The van der Waals surface area contributed by atoms with Crippen molar-refractivity contribution in [3.63, 3.8) is 0 Å². The summed E-state index contributed by atoms with van der Waals surface area (Å²) in [5.41, 5.74) is 3.59. The van der Waals surface area contributed by atoms with E-state index in [1.54, 1.807) is 12.1 Å². The molecule has 22 heavy (non-hydrogen) atoms. The van der Waals surface area contributed by atoms with Gasteiger partial charge in [0.25, 0.3) is 0 Å². The Kier molecular flexibility index (Phi) is 3.85. The summed E-state index contributed by atoms with van der Waals surface area (Å²) in [6.45, 7) is 6.25. The number of aromatic nitrogens is 2. The van der Waals surface area contributed by atoms with E-state index in [9.17, 15) is 9.18 Å². The summed E-state index contributed by atoms with van der Waals surface area (Å²) in [5, 5.41) is 0. The fraction of sp³-hybridized carbons (Fsp3) is 0.444. The van der Waals surface area contributed by atoms with Gasteiger partial charge in [-0.2, -0.15) is 4.98 Å². The Morgan fingerprint density at radius 2 is 1.95 bits per heavy atom. The molecule has 1 aliphatic carbocycles. The van der Waals surface area contributed by atoms with Gasteiger partial charge in [0.05, 0.1) is 5.69 Å². The van der Waals surface area contributed by atoms with Gasteiger partial charge in [0, 0.05) is 17.3 Å². The molecule has 0 spiro atoms. The first-order valence-electron chi connectivity index (χ1n) is 7.87. The Morgan fingerprint density at radius 1 is 1.27 bits per heavy atom. The Hall–Kier alpha value is -1.97. The van der Waals surface area contributed by atoms with Crippen molar-refractivity contribution in [3.05, 3.63) is 51.8 Å². The number of rotatable bonds is 2. The van der Waals surface area contributed by atoms with Crippen LogP contribution in [0.25, 0.3) is 11.3 Å². The lowest BCUT2D eigenvalue weighted by Gasteiger charge is -2.28. The molecular formula is C18H21FN2O. The Balaban J connectivity index is 2.24. The molecule has 1 aliphatic rings. The van der Waals surface area contributed by atoms with Crippen LogP contribution in [0.1, 0.15) is 44.5 Å². The van der Waals surface area contributed by atoms with Crippen LogP contribution in [0.2, 0.25) is 0 Å². The second-order valence-corrected chi connectivity index (χ2v) is 6.49. The molecule has 3 nitrogen and oxygen atoms in total. The maximum atomic E-state index is 13.2. The van der Waals surface area contributed by atoms with Crippen molar-refractivity contribution in [1.29, 1.82) is 0 Å². The number of benzene rings is 1. The van der Waals surface area contributed by atoms with Gasteiger partial charge in [0.15, 0.2) is 0 Å². The highest BCUT2D eigenvalue weighted by Gasteiger charge is 2.25. The molecule has 1 unspecified atom stereocenters. The van der Waals surface area contributed by atoms with Gasteiger partial charge < -0.3 is 0 Å². The summed E-state index contributed by atoms with van der Waals surface area (Å²) in [4.78, 5) is 16.8. The molecule has 2 aromatic rings. The van der Waals surface area contributed by atoms with Gasteiger partial charge in [0.2, 0.25) is 0 Å². The average Bonchev–Trinajstić information content (AvgIpc) is 2.46. The zero-order valence-corrected chi connectivity index (χ0v) is 13.3. The third-order valence-electron chi connectivity index (χ3n) is 4.40. The summed E-state index contributed by atoms with van der Waals surface area (Å²) < 4.78 is 15.0. The molecule has 0 aliphatic heterocycles. The highest BCUT2D eigenvalue weighted by atomic mass is 19.1. The fourth-order valence-electron chi connectivity index (χ4n) is 3.30. The number of hydrogen-bond donors (Lipinski definition) is 0. The van der Waals surface area contributed by atoms with Crippen LogP contribution in [0.15, 0.2) is 29.1 Å². The minimum absolute atomic E-state index is 0.0984. The predicted octanol–water partition coefficient (Wildman–Crippen LogP) is 3.76. The highest BCUT2D eigenvalue weighted by Crippen LogP contribution is 2.32. The van der Waals surface area contributed by atoms with Crippen LogP contribution >= 0.6 is 0 Å². The van der Waals surface area contributed by atoms with Gasteiger partial charge in [-0.1, -0.05) is 6.92 Å². The second-order valence-electron chi connectivity index (χ2n) is 6.49. The first kappa shape index (κ1) is 14.9. The quantitative estimate of drug-likeness (QED) is 0.846. The molecule has 3 rings (SSSR count). The lowest BCUT2D eigenvalue weighted by molar-refractivity contribution is 0.441. The van der Waals surface area contributed by atoms with E-state index in [0.29, 0.717) is 5.92 Å². The van der Waals surface area contributed by atoms with Crippen molar-refractivity contribution >= 4 is 0 Å². The molecule has 4 heteroatoms. The lowest BCUT2D eigenvalue weighted by Crippen LogP contribution is -2.32. The maximum absolute atomic E-state index is 13.2. The monoisotopic (exact) mass is 300 g/mol. The van der Waals surface area contributed by atoms with Crippen LogP contribution in [0.5, 0.6) is 0 Å². The normalized spacial score (nSPS) is 17.6. The van der Waals surface area contributed by atoms with Gasteiger partial charge in [0.1, 0.15) is 5.82 Å². The largest absolute Gasteiger partial charge is 0.348 e. The maximum Gasteiger partial charge on any atom is 0.348 e. The van der Waals surface area contributed by atoms with E-state index < -0.39 is 0 Å². The molecular weight excluding hydrogens is 279 g/mol. The van der Waals surface area contributed by atoms with Gasteiger partial charge in [-0.25, -0.2) is 9.18 Å². The number of hydrogen-bond acceptors (Lipinski definition) is 2. The summed E-state index contributed by atoms with van der Waals surface area (Å²) in [7, 11) is 0. The molecule has 1 aromatic heterocycles. The molecule has 0 N–H and O–H groups in total. The number of nitrogens with zero attached hydrogens (tertiary/aromatic N) is 2. The van der Waals surface area contributed by atoms with Crippen LogP contribution in [0, 0.1) is 11.7 Å². The van der Waals surface area contributed by atoms with E-state index in [2.05, 4.69) is 11.9 Å². The Labute approximate surface area is 129 Å². The third-order valence-corrected chi connectivity index (χ3v) is 4.40. The molecule has 1 aromatic carbocycles. The van der Waals surface area contributed by atoms with Crippen molar-refractivity contribution < 1.29 is 4.39 Å². The minimum Gasteiger partial charge on any atom is -0.293 e. The van der Waals surface area contributed by atoms with Crippen LogP contribution < -0.4 is 5.69 Å². The van der Waals surface area contributed by atoms with Crippen LogP contribution in [0.4, 0.5) is 4.39 Å². The van der Waals surface area contributed by atoms with Gasteiger partial charge >= 0.3 is 5.69 Å². The molecule has 0 radical (unpaired) electrons. The van der Waals surface area contributed by atoms with Crippen LogP contribution in [0.3, 0.4) is 0 Å². The first-order chi connectivity index (χ1) is 10.5. The number of halogens is 1. The van der Waals surface area contributed by atoms with Crippen LogP contribution in [-0.4, -0.2) is 9.55 Å². The smallest absolute Gasteiger partial charge is 0.293 e. The van der Waals surface area contributed by atoms with Crippen molar-refractivity contribution in [1.82, 2.24) is 9.55 Å². The molecule has 0 saturated carbocycles. The fourth-order valence-corrected chi connectivity index (χ4v) is 3.30. The molecule has 0 amide bonds. The zero-order chi connectivity index (χ0) is 15.9. The molecule has 0 saturated heterocycles. The van der Waals surface area contributed by atoms with E-state index in [1.165, 1.54) is 12.1 Å². The predicted molar refractivity (Wildman–Crippen MR) is 85.5 cm³/mol. The summed E-state index contributed by atoms with van der Waals surface area (Å²) >= 11 is 0. The summed E-state index contributed by atoms with van der Waals surface area (Å²) in [5.74, 6) is 0.294. The highest BCUT2D eigenvalue weighted by molar-refractivity contribution is 5.64. The minimum atomic E-state index is -0.276. The lowest BCUT2D eigenvalue weighted by atomic mass is 9.85. The zero-order valence-electron chi connectivity index (χ0n) is 13.3. The standard InChI is InChI=1S/C18H21FN2O/c1-11(2)21-16-10-12(3)4-9-15(16)17(20-18(21)22)13-5-7-14(19)8-6-13/h5-8,11-12H,4,9-10H2,1-3H3. The van der Waals surface area contributed by atoms with E-state index in [-0.39, 0.29) is 17.5 Å².